The number of halogens is 3. The highest BCUT2D eigenvalue weighted by atomic mass is 19.3. The third-order valence-corrected chi connectivity index (χ3v) is 1.21. The van der Waals surface area contributed by atoms with Crippen molar-refractivity contribution in [3.8, 4) is 5.75 Å². The van der Waals surface area contributed by atoms with Gasteiger partial charge in [0.15, 0.2) is 0 Å². The predicted octanol–water partition coefficient (Wildman–Crippen LogP) is 1.60. The summed E-state index contributed by atoms with van der Waals surface area (Å²) in [6.07, 6.45) is -4.73. The summed E-state index contributed by atoms with van der Waals surface area (Å²) in [5.41, 5.74) is 5.21. The molecule has 1 heterocycles. The number of hydrogen-bond acceptors (Lipinski definition) is 3. The summed E-state index contributed by atoms with van der Waals surface area (Å²) in [5.74, 6) is 0.127. The molecule has 0 saturated carbocycles. The number of anilines is 1. The number of nitrogens with zero attached hydrogens (tertiary/aromatic N) is 1. The Morgan fingerprint density at radius 1 is 1.31 bits per heavy atom. The Balaban J connectivity index is 2.59. The molecule has 1 aromatic rings. The Morgan fingerprint density at radius 3 is 2.46 bits per heavy atom. The van der Waals surface area contributed by atoms with E-state index in [0.29, 0.717) is 0 Å². The number of hydrogen-bond donors (Lipinski definition) is 1. The van der Waals surface area contributed by atoms with Crippen LogP contribution in [-0.2, 0) is 0 Å². The molecule has 1 rings (SSSR count). The van der Waals surface area contributed by atoms with Gasteiger partial charge in [0.05, 0.1) is 6.20 Å². The monoisotopic (exact) mass is 192 g/mol. The largest absolute Gasteiger partial charge is 0.453 e. The van der Waals surface area contributed by atoms with Crippen LogP contribution in [0.15, 0.2) is 18.3 Å². The van der Waals surface area contributed by atoms with Crippen molar-refractivity contribution < 1.29 is 17.9 Å². The first-order valence-electron chi connectivity index (χ1n) is 3.40. The zero-order valence-corrected chi connectivity index (χ0v) is 6.45. The van der Waals surface area contributed by atoms with Crippen LogP contribution in [0, 0.1) is 0 Å². The fourth-order valence-corrected chi connectivity index (χ4v) is 0.643. The highest BCUT2D eigenvalue weighted by Crippen LogP contribution is 2.15. The molecule has 0 amide bonds. The normalized spacial score (nSPS) is 12.9. The topological polar surface area (TPSA) is 48.1 Å². The molecule has 1 aromatic heterocycles. The molecule has 0 aromatic carbocycles. The number of alkyl halides is 3. The molecule has 0 radical (unpaired) electrons. The molecule has 0 aliphatic heterocycles. The van der Waals surface area contributed by atoms with Gasteiger partial charge in [0, 0.05) is 0 Å². The Hall–Kier alpha value is -1.46. The van der Waals surface area contributed by atoms with Crippen LogP contribution in [0.2, 0.25) is 0 Å². The van der Waals surface area contributed by atoms with Gasteiger partial charge in [-0.3, -0.25) is 0 Å². The van der Waals surface area contributed by atoms with E-state index in [9.17, 15) is 13.2 Å². The summed E-state index contributed by atoms with van der Waals surface area (Å²) < 4.78 is 39.8. The van der Waals surface area contributed by atoms with Crippen molar-refractivity contribution in [3.63, 3.8) is 0 Å². The highest BCUT2D eigenvalue weighted by Gasteiger charge is 2.20. The van der Waals surface area contributed by atoms with Crippen LogP contribution >= 0.6 is 0 Å². The first-order valence-corrected chi connectivity index (χ1v) is 3.40. The molecule has 3 nitrogen and oxygen atoms in total. The number of nitrogen functional groups attached to an aromatic ring is 1. The van der Waals surface area contributed by atoms with Crippen molar-refractivity contribution >= 4 is 5.82 Å². The van der Waals surface area contributed by atoms with Crippen LogP contribution in [0.5, 0.6) is 5.75 Å². The van der Waals surface area contributed by atoms with Crippen LogP contribution in [-0.4, -0.2) is 17.8 Å². The number of aromatic nitrogens is 1. The fraction of sp³-hybridized carbons (Fsp3) is 0.286. The van der Waals surface area contributed by atoms with Crippen molar-refractivity contribution in [3.05, 3.63) is 18.3 Å². The molecule has 0 aliphatic carbocycles. The second-order valence-corrected chi connectivity index (χ2v) is 2.22. The summed E-state index contributed by atoms with van der Waals surface area (Å²) in [4.78, 5) is 3.53. The minimum absolute atomic E-state index is 0.0815. The maximum atomic E-state index is 12.3. The molecule has 13 heavy (non-hydrogen) atoms. The number of pyridine rings is 1. The van der Waals surface area contributed by atoms with E-state index in [2.05, 4.69) is 9.72 Å². The van der Waals surface area contributed by atoms with E-state index in [1.54, 1.807) is 0 Å². The average Bonchev–Trinajstić information content (AvgIpc) is 2.08. The van der Waals surface area contributed by atoms with Crippen molar-refractivity contribution in [1.29, 1.82) is 0 Å². The lowest BCUT2D eigenvalue weighted by atomic mass is 10.4. The van der Waals surface area contributed by atoms with Crippen LogP contribution in [0.3, 0.4) is 0 Å². The standard InChI is InChI=1S/C7H7F3N2O/c8-6(9)7(10)13-4-1-2-5(11)12-3-4/h1-3,6-7H,(H2,11,12). The number of nitrogens with two attached hydrogens (primary N) is 1. The van der Waals surface area contributed by atoms with E-state index < -0.39 is 12.8 Å². The summed E-state index contributed by atoms with van der Waals surface area (Å²) in [6.45, 7) is 0. The van der Waals surface area contributed by atoms with Gasteiger partial charge in [-0.15, -0.1) is 0 Å². The van der Waals surface area contributed by atoms with E-state index in [4.69, 9.17) is 5.73 Å². The lowest BCUT2D eigenvalue weighted by Gasteiger charge is -2.09. The van der Waals surface area contributed by atoms with Gasteiger partial charge >= 0.3 is 6.43 Å². The van der Waals surface area contributed by atoms with Gasteiger partial charge in [-0.2, -0.15) is 4.39 Å². The lowest BCUT2D eigenvalue weighted by molar-refractivity contribution is -0.0670. The lowest BCUT2D eigenvalue weighted by Crippen LogP contribution is -2.19. The SMILES string of the molecule is Nc1ccc(OC(F)C(F)F)cn1. The van der Waals surface area contributed by atoms with Gasteiger partial charge < -0.3 is 10.5 Å². The maximum Gasteiger partial charge on any atom is 0.304 e. The van der Waals surface area contributed by atoms with Crippen molar-refractivity contribution in [2.24, 2.45) is 0 Å². The van der Waals surface area contributed by atoms with Crippen molar-refractivity contribution in [2.75, 3.05) is 5.73 Å². The molecule has 6 heteroatoms. The molecule has 72 valence electrons. The quantitative estimate of drug-likeness (QED) is 0.791. The average molecular weight is 192 g/mol. The third-order valence-electron chi connectivity index (χ3n) is 1.21. The number of ether oxygens (including phenoxy) is 1. The molecule has 0 aliphatic rings. The summed E-state index contributed by atoms with van der Waals surface area (Å²) in [7, 11) is 0. The maximum absolute atomic E-state index is 12.3. The zero-order valence-electron chi connectivity index (χ0n) is 6.45. The second kappa shape index (κ2) is 3.97. The van der Waals surface area contributed by atoms with Crippen molar-refractivity contribution in [2.45, 2.75) is 12.8 Å². The first kappa shape index (κ1) is 9.63. The van der Waals surface area contributed by atoms with E-state index >= 15 is 0 Å². The molecule has 0 bridgehead atoms. The summed E-state index contributed by atoms with van der Waals surface area (Å²) in [6, 6.07) is 2.59. The summed E-state index contributed by atoms with van der Waals surface area (Å²) >= 11 is 0. The van der Waals surface area contributed by atoms with E-state index in [0.717, 1.165) is 6.20 Å². The molecular weight excluding hydrogens is 185 g/mol. The van der Waals surface area contributed by atoms with Gasteiger partial charge in [-0.25, -0.2) is 13.8 Å². The molecule has 0 fully saturated rings. The molecular formula is C7H7F3N2O. The van der Waals surface area contributed by atoms with Crippen LogP contribution < -0.4 is 10.5 Å². The Morgan fingerprint density at radius 2 is 2.00 bits per heavy atom. The van der Waals surface area contributed by atoms with Crippen LogP contribution in [0.1, 0.15) is 0 Å². The van der Waals surface area contributed by atoms with Crippen LogP contribution in [0.4, 0.5) is 19.0 Å². The number of rotatable bonds is 3. The molecule has 1 unspecified atom stereocenters. The van der Waals surface area contributed by atoms with E-state index in [1.165, 1.54) is 12.1 Å². The minimum Gasteiger partial charge on any atom is -0.453 e. The second-order valence-electron chi connectivity index (χ2n) is 2.22. The first-order chi connectivity index (χ1) is 6.09. The Bertz CT molecular complexity index is 265. The molecule has 0 spiro atoms. The van der Waals surface area contributed by atoms with Crippen molar-refractivity contribution in [1.82, 2.24) is 4.98 Å². The Kier molecular flexibility index (Phi) is 2.94. The van der Waals surface area contributed by atoms with Gasteiger partial charge in [-0.1, -0.05) is 0 Å². The smallest absolute Gasteiger partial charge is 0.304 e. The zero-order chi connectivity index (χ0) is 9.84. The van der Waals surface area contributed by atoms with E-state index in [1.807, 2.05) is 0 Å². The summed E-state index contributed by atoms with van der Waals surface area (Å²) in [5, 5.41) is 0. The van der Waals surface area contributed by atoms with Crippen LogP contribution in [0.25, 0.3) is 0 Å². The van der Waals surface area contributed by atoms with Gasteiger partial charge in [0.1, 0.15) is 11.6 Å². The third kappa shape index (κ3) is 2.81. The Labute approximate surface area is 72.3 Å². The van der Waals surface area contributed by atoms with Gasteiger partial charge in [0.2, 0.25) is 0 Å². The van der Waals surface area contributed by atoms with E-state index in [-0.39, 0.29) is 11.6 Å². The molecule has 0 saturated heterocycles. The van der Waals surface area contributed by atoms with Gasteiger partial charge in [0.25, 0.3) is 6.36 Å². The molecule has 2 N–H and O–H groups in total. The minimum atomic E-state index is -3.17. The predicted molar refractivity (Wildman–Crippen MR) is 40.2 cm³/mol. The highest BCUT2D eigenvalue weighted by molar-refractivity contribution is 5.32. The molecule has 1 atom stereocenters. The fourth-order valence-electron chi connectivity index (χ4n) is 0.643. The van der Waals surface area contributed by atoms with Gasteiger partial charge in [-0.05, 0) is 12.1 Å².